The number of para-hydroxylation sites is 1. The molecule has 2 atom stereocenters. The van der Waals surface area contributed by atoms with Crippen LogP contribution >= 0.6 is 0 Å². The molecule has 0 aromatic heterocycles. The third-order valence-corrected chi connectivity index (χ3v) is 7.43. The van der Waals surface area contributed by atoms with Crippen molar-refractivity contribution in [3.05, 3.63) is 96.1 Å². The van der Waals surface area contributed by atoms with Crippen LogP contribution in [0.5, 0.6) is 0 Å². The highest BCUT2D eigenvalue weighted by molar-refractivity contribution is 7.89. The Hall–Kier alpha value is -3.49. The van der Waals surface area contributed by atoms with Gasteiger partial charge < -0.3 is 9.80 Å². The molecule has 1 N–H and O–H groups in total. The summed E-state index contributed by atoms with van der Waals surface area (Å²) in [6, 6.07) is 22.9. The summed E-state index contributed by atoms with van der Waals surface area (Å²) in [4.78, 5) is 29.9. The van der Waals surface area contributed by atoms with Crippen molar-refractivity contribution in [2.24, 2.45) is 0 Å². The lowest BCUT2D eigenvalue weighted by Gasteiger charge is -2.30. The van der Waals surface area contributed by atoms with E-state index < -0.39 is 22.1 Å². The molecule has 0 saturated carbocycles. The number of carbonyl (C=O) groups excluding carboxylic acids is 2. The summed E-state index contributed by atoms with van der Waals surface area (Å²) >= 11 is 0. The lowest BCUT2D eigenvalue weighted by atomic mass is 10.1. The second-order valence-electron chi connectivity index (χ2n) is 7.88. The van der Waals surface area contributed by atoms with E-state index >= 15 is 0 Å². The minimum Gasteiger partial charge on any atom is -0.335 e. The van der Waals surface area contributed by atoms with Crippen molar-refractivity contribution in [3.63, 3.8) is 0 Å². The number of fused-ring (bicyclic) bond motifs is 2. The highest BCUT2D eigenvalue weighted by Crippen LogP contribution is 2.35. The molecule has 162 valence electrons. The zero-order chi connectivity index (χ0) is 22.3. The molecule has 3 aromatic carbocycles. The second kappa shape index (κ2) is 7.89. The van der Waals surface area contributed by atoms with Crippen LogP contribution in [0.4, 0.5) is 5.69 Å². The summed E-state index contributed by atoms with van der Waals surface area (Å²) in [6.07, 6.45) is 0. The summed E-state index contributed by atoms with van der Waals surface area (Å²) in [5.41, 5.74) is 1.29. The first-order chi connectivity index (χ1) is 15.5. The Labute approximate surface area is 186 Å². The Balaban J connectivity index is 1.59. The highest BCUT2D eigenvalue weighted by Gasteiger charge is 2.47. The minimum atomic E-state index is -3.88. The van der Waals surface area contributed by atoms with E-state index in [1.807, 2.05) is 12.1 Å². The Morgan fingerprint density at radius 1 is 0.750 bits per heavy atom. The molecule has 2 aliphatic rings. The molecular formula is C24H21N3O4S. The van der Waals surface area contributed by atoms with Crippen molar-refractivity contribution < 1.29 is 18.0 Å². The van der Waals surface area contributed by atoms with E-state index in [0.29, 0.717) is 16.8 Å². The number of benzene rings is 3. The van der Waals surface area contributed by atoms with Gasteiger partial charge in [-0.1, -0.05) is 48.5 Å². The van der Waals surface area contributed by atoms with E-state index in [4.69, 9.17) is 0 Å². The molecule has 7 nitrogen and oxygen atoms in total. The molecule has 0 bridgehead atoms. The molecule has 2 aliphatic heterocycles. The second-order valence-corrected chi connectivity index (χ2v) is 9.56. The number of nitrogens with one attached hydrogen (secondary N) is 1. The predicted octanol–water partition coefficient (Wildman–Crippen LogP) is 2.52. The van der Waals surface area contributed by atoms with Gasteiger partial charge in [0.2, 0.25) is 10.0 Å². The molecule has 32 heavy (non-hydrogen) atoms. The topological polar surface area (TPSA) is 86.8 Å². The van der Waals surface area contributed by atoms with Gasteiger partial charge in [0.05, 0.1) is 17.8 Å². The lowest BCUT2D eigenvalue weighted by molar-refractivity contribution is 0.0785. The molecule has 0 aliphatic carbocycles. The van der Waals surface area contributed by atoms with Crippen LogP contribution in [-0.2, 0) is 10.0 Å². The van der Waals surface area contributed by atoms with Crippen molar-refractivity contribution >= 4 is 27.5 Å². The van der Waals surface area contributed by atoms with Gasteiger partial charge in [0.25, 0.3) is 11.8 Å². The maximum Gasteiger partial charge on any atom is 0.258 e. The number of hydrogen-bond donors (Lipinski definition) is 1. The molecule has 5 rings (SSSR count). The highest BCUT2D eigenvalue weighted by atomic mass is 32.2. The fraction of sp³-hybridized carbons (Fsp3) is 0.167. The van der Waals surface area contributed by atoms with Gasteiger partial charge in [0.1, 0.15) is 4.90 Å². The summed E-state index contributed by atoms with van der Waals surface area (Å²) in [7, 11) is -3.88. The van der Waals surface area contributed by atoms with Crippen LogP contribution in [-0.4, -0.2) is 50.3 Å². The van der Waals surface area contributed by atoms with Crippen LogP contribution in [0.15, 0.2) is 89.8 Å². The van der Waals surface area contributed by atoms with Crippen molar-refractivity contribution in [1.29, 1.82) is 0 Å². The summed E-state index contributed by atoms with van der Waals surface area (Å²) < 4.78 is 29.0. The molecule has 1 fully saturated rings. The number of carbonyl (C=O) groups is 2. The van der Waals surface area contributed by atoms with E-state index in [0.717, 1.165) is 0 Å². The zero-order valence-corrected chi connectivity index (χ0v) is 17.9. The number of anilines is 1. The van der Waals surface area contributed by atoms with Crippen LogP contribution in [0.3, 0.4) is 0 Å². The fourth-order valence-corrected chi connectivity index (χ4v) is 5.85. The first-order valence-corrected chi connectivity index (χ1v) is 11.8. The average molecular weight is 448 g/mol. The Kier molecular flexibility index (Phi) is 5.03. The summed E-state index contributed by atoms with van der Waals surface area (Å²) in [6.45, 7) is 0.387. The van der Waals surface area contributed by atoms with E-state index in [1.165, 1.54) is 11.0 Å². The van der Waals surface area contributed by atoms with Gasteiger partial charge in [-0.2, -0.15) is 0 Å². The van der Waals surface area contributed by atoms with Crippen LogP contribution < -0.4 is 9.62 Å². The molecule has 0 unspecified atom stereocenters. The third kappa shape index (κ3) is 3.47. The minimum absolute atomic E-state index is 0.0552. The van der Waals surface area contributed by atoms with Crippen LogP contribution in [0, 0.1) is 0 Å². The SMILES string of the molecule is O=C(c1ccccc1)N1C[C@@H]2[C@@H](C1)NS(=O)(=O)c1ccccc1N2C(=O)c1ccccc1. The molecule has 8 heteroatoms. The largest absolute Gasteiger partial charge is 0.335 e. The van der Waals surface area contributed by atoms with E-state index in [-0.39, 0.29) is 29.8 Å². The number of nitrogens with zero attached hydrogens (tertiary/aromatic N) is 2. The lowest BCUT2D eigenvalue weighted by Crippen LogP contribution is -2.51. The number of hydrogen-bond acceptors (Lipinski definition) is 4. The maximum atomic E-state index is 13.6. The van der Waals surface area contributed by atoms with Gasteiger partial charge in [-0.25, -0.2) is 13.1 Å². The van der Waals surface area contributed by atoms with Gasteiger partial charge in [0.15, 0.2) is 0 Å². The number of rotatable bonds is 2. The Morgan fingerprint density at radius 3 is 1.97 bits per heavy atom. The molecule has 0 spiro atoms. The van der Waals surface area contributed by atoms with Gasteiger partial charge in [-0.3, -0.25) is 9.59 Å². The van der Waals surface area contributed by atoms with Crippen LogP contribution in [0.25, 0.3) is 0 Å². The number of amides is 2. The van der Waals surface area contributed by atoms with Crippen molar-refractivity contribution in [1.82, 2.24) is 9.62 Å². The monoisotopic (exact) mass is 447 g/mol. The number of likely N-dealkylation sites (tertiary alicyclic amines) is 1. The molecule has 1 saturated heterocycles. The number of sulfonamides is 1. The smallest absolute Gasteiger partial charge is 0.258 e. The van der Waals surface area contributed by atoms with E-state index in [9.17, 15) is 18.0 Å². The molecule has 2 heterocycles. The van der Waals surface area contributed by atoms with Gasteiger partial charge in [0, 0.05) is 24.2 Å². The summed E-state index contributed by atoms with van der Waals surface area (Å²) in [5, 5.41) is 0. The molecule has 0 radical (unpaired) electrons. The Morgan fingerprint density at radius 2 is 1.31 bits per heavy atom. The third-order valence-electron chi connectivity index (χ3n) is 5.89. The van der Waals surface area contributed by atoms with Gasteiger partial charge in [-0.05, 0) is 36.4 Å². The Bertz CT molecular complexity index is 1280. The molecule has 3 aromatic rings. The summed E-state index contributed by atoms with van der Waals surface area (Å²) in [5.74, 6) is -0.501. The first-order valence-electron chi connectivity index (χ1n) is 10.3. The standard InChI is InChI=1S/C24H21N3O4S/c28-23(17-9-3-1-4-10-17)26-15-19-21(16-26)27(24(29)18-11-5-2-6-12-18)20-13-7-8-14-22(20)32(30,31)25-19/h1-14,19,21,25H,15-16H2/t19-,21-/m1/s1. The van der Waals surface area contributed by atoms with Crippen molar-refractivity contribution in [2.45, 2.75) is 17.0 Å². The van der Waals surface area contributed by atoms with Crippen molar-refractivity contribution in [3.8, 4) is 0 Å². The maximum absolute atomic E-state index is 13.6. The molecule has 2 amide bonds. The first kappa shape index (κ1) is 20.4. The van der Waals surface area contributed by atoms with E-state index in [2.05, 4.69) is 4.72 Å². The van der Waals surface area contributed by atoms with E-state index in [1.54, 1.807) is 71.6 Å². The zero-order valence-electron chi connectivity index (χ0n) is 17.1. The van der Waals surface area contributed by atoms with Gasteiger partial charge in [-0.15, -0.1) is 0 Å². The molecular weight excluding hydrogens is 426 g/mol. The van der Waals surface area contributed by atoms with Gasteiger partial charge >= 0.3 is 0 Å². The normalized spacial score (nSPS) is 21.4. The quantitative estimate of drug-likeness (QED) is 0.654. The fourth-order valence-electron chi connectivity index (χ4n) is 4.40. The van der Waals surface area contributed by atoms with Crippen LogP contribution in [0.1, 0.15) is 20.7 Å². The van der Waals surface area contributed by atoms with Crippen molar-refractivity contribution in [2.75, 3.05) is 18.0 Å². The average Bonchev–Trinajstić information content (AvgIpc) is 3.19. The van der Waals surface area contributed by atoms with Crippen LogP contribution in [0.2, 0.25) is 0 Å². The predicted molar refractivity (Wildman–Crippen MR) is 120 cm³/mol.